The van der Waals surface area contributed by atoms with Gasteiger partial charge in [0.05, 0.1) is 0 Å². The van der Waals surface area contributed by atoms with Gasteiger partial charge < -0.3 is 10.6 Å². The fourth-order valence-electron chi connectivity index (χ4n) is 1.13. The summed E-state index contributed by atoms with van der Waals surface area (Å²) in [6.45, 7) is 7.57. The van der Waals surface area contributed by atoms with Crippen LogP contribution in [-0.2, 0) is 4.79 Å². The maximum Gasteiger partial charge on any atom is 0.224 e. The minimum Gasteiger partial charge on any atom is -0.343 e. The van der Waals surface area contributed by atoms with E-state index in [-0.39, 0.29) is 11.9 Å². The second kappa shape index (κ2) is 6.00. The Kier molecular flexibility index (Phi) is 5.72. The van der Waals surface area contributed by atoms with Crippen molar-refractivity contribution in [2.45, 2.75) is 39.7 Å². The molecule has 1 unspecified atom stereocenters. The van der Waals surface area contributed by atoms with E-state index < -0.39 is 0 Å². The molecule has 0 aromatic carbocycles. The summed E-state index contributed by atoms with van der Waals surface area (Å²) in [5, 5.41) is 0. The molecule has 1 amide bonds. The summed E-state index contributed by atoms with van der Waals surface area (Å²) in [5.41, 5.74) is 5.53. The third kappa shape index (κ3) is 4.34. The number of hydrogen-bond donors (Lipinski definition) is 1. The van der Waals surface area contributed by atoms with Gasteiger partial charge in [-0.15, -0.1) is 0 Å². The Morgan fingerprint density at radius 3 is 2.42 bits per heavy atom. The second-order valence-corrected chi connectivity index (χ2v) is 3.15. The molecule has 0 saturated carbocycles. The first-order valence-electron chi connectivity index (χ1n) is 4.65. The minimum atomic E-state index is -0.0246. The third-order valence-electron chi connectivity index (χ3n) is 1.72. The van der Waals surface area contributed by atoms with E-state index in [0.717, 1.165) is 19.5 Å². The smallest absolute Gasteiger partial charge is 0.224 e. The zero-order valence-corrected chi connectivity index (χ0v) is 8.34. The van der Waals surface area contributed by atoms with Crippen molar-refractivity contribution in [3.8, 4) is 0 Å². The highest BCUT2D eigenvalue weighted by molar-refractivity contribution is 5.76. The Labute approximate surface area is 74.9 Å². The van der Waals surface area contributed by atoms with Crippen LogP contribution < -0.4 is 5.73 Å². The van der Waals surface area contributed by atoms with Crippen molar-refractivity contribution in [2.24, 2.45) is 5.73 Å². The number of carbonyl (C=O) groups is 1. The summed E-state index contributed by atoms with van der Waals surface area (Å²) in [6, 6.07) is -0.0246. The van der Waals surface area contributed by atoms with E-state index in [1.54, 1.807) is 0 Å². The van der Waals surface area contributed by atoms with E-state index in [0.29, 0.717) is 6.42 Å². The first-order valence-corrected chi connectivity index (χ1v) is 4.65. The van der Waals surface area contributed by atoms with Crippen LogP contribution in [0.1, 0.15) is 33.6 Å². The molecule has 3 heteroatoms. The predicted molar refractivity (Wildman–Crippen MR) is 50.8 cm³/mol. The van der Waals surface area contributed by atoms with Crippen LogP contribution in [0.4, 0.5) is 0 Å². The number of amides is 1. The van der Waals surface area contributed by atoms with Crippen LogP contribution in [0.2, 0.25) is 0 Å². The zero-order chi connectivity index (χ0) is 9.56. The van der Waals surface area contributed by atoms with Crippen molar-refractivity contribution >= 4 is 5.91 Å². The standard InChI is InChI=1S/C9H20N2O/c1-4-6-11(5-2)9(12)7-8(3)10/h8H,4-7,10H2,1-3H3. The molecule has 0 heterocycles. The number of hydrogen-bond acceptors (Lipinski definition) is 2. The Hall–Kier alpha value is -0.570. The molecule has 0 aliphatic rings. The van der Waals surface area contributed by atoms with E-state index in [4.69, 9.17) is 5.73 Å². The SMILES string of the molecule is CCCN(CC)C(=O)CC(C)N. The molecular weight excluding hydrogens is 152 g/mol. The van der Waals surface area contributed by atoms with Gasteiger partial charge in [-0.3, -0.25) is 4.79 Å². The van der Waals surface area contributed by atoms with Gasteiger partial charge in [0, 0.05) is 25.6 Å². The molecule has 0 spiro atoms. The summed E-state index contributed by atoms with van der Waals surface area (Å²) in [7, 11) is 0. The lowest BCUT2D eigenvalue weighted by Gasteiger charge is -2.20. The van der Waals surface area contributed by atoms with Gasteiger partial charge in [0.25, 0.3) is 0 Å². The van der Waals surface area contributed by atoms with Crippen molar-refractivity contribution in [3.05, 3.63) is 0 Å². The van der Waals surface area contributed by atoms with Crippen molar-refractivity contribution < 1.29 is 4.79 Å². The summed E-state index contributed by atoms with van der Waals surface area (Å²) < 4.78 is 0. The van der Waals surface area contributed by atoms with Gasteiger partial charge in [-0.1, -0.05) is 6.92 Å². The van der Waals surface area contributed by atoms with Crippen LogP contribution in [0.5, 0.6) is 0 Å². The van der Waals surface area contributed by atoms with E-state index >= 15 is 0 Å². The Balaban J connectivity index is 3.85. The summed E-state index contributed by atoms with van der Waals surface area (Å²) in [6.07, 6.45) is 1.48. The topological polar surface area (TPSA) is 46.3 Å². The van der Waals surface area contributed by atoms with E-state index in [9.17, 15) is 4.79 Å². The highest BCUT2D eigenvalue weighted by Gasteiger charge is 2.11. The van der Waals surface area contributed by atoms with Gasteiger partial charge in [-0.05, 0) is 20.3 Å². The van der Waals surface area contributed by atoms with E-state index in [1.807, 2.05) is 18.7 Å². The van der Waals surface area contributed by atoms with Gasteiger partial charge in [0.15, 0.2) is 0 Å². The lowest BCUT2D eigenvalue weighted by molar-refractivity contribution is -0.131. The molecular formula is C9H20N2O. The predicted octanol–water partition coefficient (Wildman–Crippen LogP) is 0.982. The molecule has 0 rings (SSSR count). The molecule has 12 heavy (non-hydrogen) atoms. The lowest BCUT2D eigenvalue weighted by atomic mass is 10.2. The lowest BCUT2D eigenvalue weighted by Crippen LogP contribution is -2.35. The van der Waals surface area contributed by atoms with Crippen LogP contribution in [-0.4, -0.2) is 29.9 Å². The first-order chi connectivity index (χ1) is 5.61. The molecule has 0 radical (unpaired) electrons. The largest absolute Gasteiger partial charge is 0.343 e. The van der Waals surface area contributed by atoms with Gasteiger partial charge in [-0.25, -0.2) is 0 Å². The maximum atomic E-state index is 11.4. The van der Waals surface area contributed by atoms with Gasteiger partial charge in [0.2, 0.25) is 5.91 Å². The van der Waals surface area contributed by atoms with Gasteiger partial charge in [-0.2, -0.15) is 0 Å². The number of nitrogens with two attached hydrogens (primary N) is 1. The molecule has 0 aromatic heterocycles. The fraction of sp³-hybridized carbons (Fsp3) is 0.889. The van der Waals surface area contributed by atoms with Crippen LogP contribution in [0.3, 0.4) is 0 Å². The summed E-state index contributed by atoms with van der Waals surface area (Å²) in [4.78, 5) is 13.3. The number of carbonyl (C=O) groups excluding carboxylic acids is 1. The molecule has 3 nitrogen and oxygen atoms in total. The molecule has 0 aromatic rings. The molecule has 0 aliphatic carbocycles. The van der Waals surface area contributed by atoms with E-state index in [2.05, 4.69) is 6.92 Å². The number of nitrogens with zero attached hydrogens (tertiary/aromatic N) is 1. The van der Waals surface area contributed by atoms with Crippen LogP contribution in [0.25, 0.3) is 0 Å². The normalized spacial score (nSPS) is 12.7. The zero-order valence-electron chi connectivity index (χ0n) is 8.34. The van der Waals surface area contributed by atoms with Crippen molar-refractivity contribution in [1.82, 2.24) is 4.90 Å². The maximum absolute atomic E-state index is 11.4. The monoisotopic (exact) mass is 172 g/mol. The molecule has 2 N–H and O–H groups in total. The summed E-state index contributed by atoms with van der Waals surface area (Å²) >= 11 is 0. The highest BCUT2D eigenvalue weighted by atomic mass is 16.2. The molecule has 1 atom stereocenters. The summed E-state index contributed by atoms with van der Waals surface area (Å²) in [5.74, 6) is 0.175. The third-order valence-corrected chi connectivity index (χ3v) is 1.72. The molecule has 0 saturated heterocycles. The Morgan fingerprint density at radius 2 is 2.08 bits per heavy atom. The molecule has 0 aliphatic heterocycles. The average molecular weight is 172 g/mol. The second-order valence-electron chi connectivity index (χ2n) is 3.15. The Morgan fingerprint density at radius 1 is 1.50 bits per heavy atom. The van der Waals surface area contributed by atoms with Crippen LogP contribution >= 0.6 is 0 Å². The van der Waals surface area contributed by atoms with Crippen molar-refractivity contribution in [1.29, 1.82) is 0 Å². The van der Waals surface area contributed by atoms with Crippen molar-refractivity contribution in [2.75, 3.05) is 13.1 Å². The van der Waals surface area contributed by atoms with Gasteiger partial charge >= 0.3 is 0 Å². The fourth-order valence-corrected chi connectivity index (χ4v) is 1.13. The molecule has 72 valence electrons. The number of rotatable bonds is 5. The van der Waals surface area contributed by atoms with Crippen LogP contribution in [0.15, 0.2) is 0 Å². The van der Waals surface area contributed by atoms with Gasteiger partial charge in [0.1, 0.15) is 0 Å². The highest BCUT2D eigenvalue weighted by Crippen LogP contribution is 1.97. The average Bonchev–Trinajstić information content (AvgIpc) is 1.98. The van der Waals surface area contributed by atoms with E-state index in [1.165, 1.54) is 0 Å². The quantitative estimate of drug-likeness (QED) is 0.672. The van der Waals surface area contributed by atoms with Crippen LogP contribution in [0, 0.1) is 0 Å². The Bertz CT molecular complexity index is 134. The molecule has 0 bridgehead atoms. The molecule has 0 fully saturated rings. The first kappa shape index (κ1) is 11.4. The van der Waals surface area contributed by atoms with Crippen molar-refractivity contribution in [3.63, 3.8) is 0 Å². The minimum absolute atomic E-state index is 0.0246.